The first-order chi connectivity index (χ1) is 12.6. The van der Waals surface area contributed by atoms with Gasteiger partial charge in [-0.1, -0.05) is 36.4 Å². The van der Waals surface area contributed by atoms with E-state index in [2.05, 4.69) is 20.8 Å². The van der Waals surface area contributed by atoms with Crippen molar-refractivity contribution in [2.75, 3.05) is 5.32 Å². The van der Waals surface area contributed by atoms with Gasteiger partial charge in [0.05, 0.1) is 12.0 Å². The number of aromatic nitrogens is 1. The highest BCUT2D eigenvalue weighted by molar-refractivity contribution is 6.09. The number of amides is 2. The standard InChI is InChI=1S/C20H18N4O2/c1-14(23-24-20(26)16-8-5-11-21-13-16)12-19(25)22-18-10-4-7-15-6-2-3-9-17(15)18/h2-11,13H,12H2,1H3,(H,22,25)(H,24,26)/b23-14+. The van der Waals surface area contributed by atoms with Crippen LogP contribution in [0.1, 0.15) is 23.7 Å². The molecule has 0 saturated heterocycles. The number of carbonyl (C=O) groups excluding carboxylic acids is 2. The van der Waals surface area contributed by atoms with Crippen LogP contribution in [0.3, 0.4) is 0 Å². The predicted octanol–water partition coefficient (Wildman–Crippen LogP) is 3.37. The van der Waals surface area contributed by atoms with E-state index in [4.69, 9.17) is 0 Å². The average molecular weight is 346 g/mol. The van der Waals surface area contributed by atoms with Gasteiger partial charge in [0.15, 0.2) is 0 Å². The number of hydrazone groups is 1. The monoisotopic (exact) mass is 346 g/mol. The van der Waals surface area contributed by atoms with Crippen molar-refractivity contribution >= 4 is 34.0 Å². The number of fused-ring (bicyclic) bond motifs is 1. The molecule has 0 aliphatic carbocycles. The fraction of sp³-hybridized carbons (Fsp3) is 0.100. The summed E-state index contributed by atoms with van der Waals surface area (Å²) in [5.74, 6) is -0.565. The number of hydrogen-bond donors (Lipinski definition) is 2. The highest BCUT2D eigenvalue weighted by atomic mass is 16.2. The maximum atomic E-state index is 12.3. The number of hydrogen-bond acceptors (Lipinski definition) is 4. The quantitative estimate of drug-likeness (QED) is 0.549. The van der Waals surface area contributed by atoms with Crippen LogP contribution in [0.25, 0.3) is 10.8 Å². The second kappa shape index (κ2) is 8.02. The molecule has 1 aromatic heterocycles. The Balaban J connectivity index is 1.61. The Morgan fingerprint density at radius 3 is 2.65 bits per heavy atom. The smallest absolute Gasteiger partial charge is 0.272 e. The topological polar surface area (TPSA) is 83.5 Å². The molecule has 0 unspecified atom stereocenters. The van der Waals surface area contributed by atoms with Gasteiger partial charge in [-0.15, -0.1) is 0 Å². The van der Waals surface area contributed by atoms with Crippen molar-refractivity contribution in [2.45, 2.75) is 13.3 Å². The summed E-state index contributed by atoms with van der Waals surface area (Å²) in [6.07, 6.45) is 3.12. The highest BCUT2D eigenvalue weighted by Crippen LogP contribution is 2.22. The van der Waals surface area contributed by atoms with Crippen molar-refractivity contribution in [3.8, 4) is 0 Å². The summed E-state index contributed by atoms with van der Waals surface area (Å²) in [7, 11) is 0. The van der Waals surface area contributed by atoms with Gasteiger partial charge in [0.2, 0.25) is 5.91 Å². The molecule has 2 aromatic carbocycles. The zero-order valence-electron chi connectivity index (χ0n) is 14.3. The largest absolute Gasteiger partial charge is 0.325 e. The molecule has 3 rings (SSSR count). The first-order valence-corrected chi connectivity index (χ1v) is 8.14. The van der Waals surface area contributed by atoms with Gasteiger partial charge in [0, 0.05) is 29.2 Å². The van der Waals surface area contributed by atoms with E-state index in [-0.39, 0.29) is 18.2 Å². The summed E-state index contributed by atoms with van der Waals surface area (Å²) in [5, 5.41) is 8.90. The van der Waals surface area contributed by atoms with E-state index < -0.39 is 0 Å². The SMILES string of the molecule is C/C(CC(=O)Nc1cccc2ccccc12)=N\NC(=O)c1cccnc1. The molecular formula is C20H18N4O2. The molecule has 0 radical (unpaired) electrons. The van der Waals surface area contributed by atoms with Crippen LogP contribution >= 0.6 is 0 Å². The van der Waals surface area contributed by atoms with Gasteiger partial charge in [-0.3, -0.25) is 14.6 Å². The maximum absolute atomic E-state index is 12.3. The van der Waals surface area contributed by atoms with E-state index >= 15 is 0 Å². The van der Waals surface area contributed by atoms with Crippen molar-refractivity contribution in [1.82, 2.24) is 10.4 Å². The Hall–Kier alpha value is -3.54. The van der Waals surface area contributed by atoms with Crippen molar-refractivity contribution in [1.29, 1.82) is 0 Å². The highest BCUT2D eigenvalue weighted by Gasteiger charge is 2.08. The maximum Gasteiger partial charge on any atom is 0.272 e. The van der Waals surface area contributed by atoms with Gasteiger partial charge in [-0.25, -0.2) is 5.43 Å². The molecule has 6 heteroatoms. The van der Waals surface area contributed by atoms with Crippen LogP contribution in [0.15, 0.2) is 72.1 Å². The number of anilines is 1. The minimum atomic E-state index is -0.369. The molecule has 0 saturated carbocycles. The first kappa shape index (κ1) is 17.3. The summed E-state index contributed by atoms with van der Waals surface area (Å²) in [6, 6.07) is 16.9. The van der Waals surface area contributed by atoms with Crippen LogP contribution < -0.4 is 10.7 Å². The molecule has 3 aromatic rings. The molecule has 26 heavy (non-hydrogen) atoms. The Labute approximate surface area is 151 Å². The van der Waals surface area contributed by atoms with E-state index in [1.54, 1.807) is 25.3 Å². The third-order valence-electron chi connectivity index (χ3n) is 3.75. The van der Waals surface area contributed by atoms with Gasteiger partial charge in [0.1, 0.15) is 0 Å². The van der Waals surface area contributed by atoms with E-state index in [1.165, 1.54) is 6.20 Å². The lowest BCUT2D eigenvalue weighted by Gasteiger charge is -2.08. The minimum Gasteiger partial charge on any atom is -0.325 e. The Morgan fingerprint density at radius 1 is 1.04 bits per heavy atom. The van der Waals surface area contributed by atoms with Crippen molar-refractivity contribution in [3.05, 3.63) is 72.6 Å². The molecule has 0 fully saturated rings. The second-order valence-electron chi connectivity index (χ2n) is 5.78. The van der Waals surface area contributed by atoms with Crippen LogP contribution in [0.2, 0.25) is 0 Å². The molecule has 0 spiro atoms. The summed E-state index contributed by atoms with van der Waals surface area (Å²) < 4.78 is 0. The Bertz CT molecular complexity index is 962. The van der Waals surface area contributed by atoms with Gasteiger partial charge >= 0.3 is 0 Å². The van der Waals surface area contributed by atoms with E-state index in [9.17, 15) is 9.59 Å². The van der Waals surface area contributed by atoms with Crippen LogP contribution in [0.5, 0.6) is 0 Å². The zero-order chi connectivity index (χ0) is 18.4. The van der Waals surface area contributed by atoms with E-state index in [0.717, 1.165) is 16.5 Å². The number of benzene rings is 2. The normalized spacial score (nSPS) is 11.2. The molecule has 2 N–H and O–H groups in total. The van der Waals surface area contributed by atoms with E-state index in [0.29, 0.717) is 11.3 Å². The molecule has 0 bridgehead atoms. The lowest BCUT2D eigenvalue weighted by molar-refractivity contribution is -0.115. The average Bonchev–Trinajstić information content (AvgIpc) is 2.67. The fourth-order valence-corrected chi connectivity index (χ4v) is 2.51. The lowest BCUT2D eigenvalue weighted by Crippen LogP contribution is -2.21. The molecule has 1 heterocycles. The van der Waals surface area contributed by atoms with E-state index in [1.807, 2.05) is 42.5 Å². The van der Waals surface area contributed by atoms with Gasteiger partial charge < -0.3 is 5.32 Å². The number of nitrogens with one attached hydrogen (secondary N) is 2. The summed E-state index contributed by atoms with van der Waals surface area (Å²) >= 11 is 0. The molecule has 0 aliphatic rings. The molecule has 2 amide bonds. The van der Waals surface area contributed by atoms with Crippen LogP contribution in [-0.2, 0) is 4.79 Å². The van der Waals surface area contributed by atoms with Crippen molar-refractivity contribution in [2.24, 2.45) is 5.10 Å². The molecule has 0 atom stereocenters. The molecule has 0 aliphatic heterocycles. The number of nitrogens with zero attached hydrogens (tertiary/aromatic N) is 2. The summed E-state index contributed by atoms with van der Waals surface area (Å²) in [4.78, 5) is 28.1. The Morgan fingerprint density at radius 2 is 1.85 bits per heavy atom. The fourth-order valence-electron chi connectivity index (χ4n) is 2.51. The summed E-state index contributed by atoms with van der Waals surface area (Å²) in [5.41, 5.74) is 4.08. The van der Waals surface area contributed by atoms with Gasteiger partial charge in [-0.05, 0) is 30.5 Å². The lowest BCUT2D eigenvalue weighted by atomic mass is 10.1. The summed E-state index contributed by atoms with van der Waals surface area (Å²) in [6.45, 7) is 1.69. The van der Waals surface area contributed by atoms with Crippen LogP contribution in [0.4, 0.5) is 5.69 Å². The second-order valence-corrected chi connectivity index (χ2v) is 5.78. The predicted molar refractivity (Wildman–Crippen MR) is 102 cm³/mol. The zero-order valence-corrected chi connectivity index (χ0v) is 14.3. The minimum absolute atomic E-state index is 0.0799. The number of carbonyl (C=O) groups is 2. The van der Waals surface area contributed by atoms with Gasteiger partial charge in [0.25, 0.3) is 5.91 Å². The number of pyridine rings is 1. The third-order valence-corrected chi connectivity index (χ3v) is 3.75. The molecular weight excluding hydrogens is 328 g/mol. The molecule has 130 valence electrons. The van der Waals surface area contributed by atoms with Crippen LogP contribution in [-0.4, -0.2) is 22.5 Å². The third kappa shape index (κ3) is 4.30. The molecule has 6 nitrogen and oxygen atoms in total. The Kier molecular flexibility index (Phi) is 5.34. The van der Waals surface area contributed by atoms with Crippen LogP contribution in [0, 0.1) is 0 Å². The first-order valence-electron chi connectivity index (χ1n) is 8.14. The van der Waals surface area contributed by atoms with Gasteiger partial charge in [-0.2, -0.15) is 5.10 Å². The van der Waals surface area contributed by atoms with Crippen molar-refractivity contribution in [3.63, 3.8) is 0 Å². The van der Waals surface area contributed by atoms with Crippen molar-refractivity contribution < 1.29 is 9.59 Å². The number of rotatable bonds is 5.